The van der Waals surface area contributed by atoms with Gasteiger partial charge in [0.2, 0.25) is 0 Å². The Morgan fingerprint density at radius 1 is 0.976 bits per heavy atom. The van der Waals surface area contributed by atoms with Crippen LogP contribution in [0.2, 0.25) is 0 Å². The van der Waals surface area contributed by atoms with Gasteiger partial charge in [-0.3, -0.25) is 9.36 Å². The maximum Gasteiger partial charge on any atom is 0.338 e. The molecule has 3 heterocycles. The Balaban J connectivity index is 1.37. The van der Waals surface area contributed by atoms with Crippen LogP contribution in [-0.4, -0.2) is 29.7 Å². The standard InChI is InChI=1S/C31H28N2O6S2/c1-4-37-29(35)22-12-8-21(9-13-22)18-39-23-14-10-20(11-15-23)17-25-28(34)33-27(24-7-6-16-40-24)26(30(36)38-5-2)19(3)32-31(33)41-25/h6-17,27H,4-5,18H2,1-3H3/b25-17-/t27-/m1/s1. The van der Waals surface area contributed by atoms with Crippen LogP contribution >= 0.6 is 22.7 Å². The Hall–Kier alpha value is -4.28. The molecule has 0 saturated carbocycles. The Labute approximate surface area is 244 Å². The van der Waals surface area contributed by atoms with Crippen molar-refractivity contribution < 1.29 is 23.8 Å². The smallest absolute Gasteiger partial charge is 0.338 e. The quantitative estimate of drug-likeness (QED) is 0.265. The van der Waals surface area contributed by atoms with E-state index in [2.05, 4.69) is 4.99 Å². The third kappa shape index (κ3) is 6.08. The summed E-state index contributed by atoms with van der Waals surface area (Å²) in [7, 11) is 0. The molecule has 210 valence electrons. The number of carbonyl (C=O) groups excluding carboxylic acids is 2. The van der Waals surface area contributed by atoms with Crippen molar-refractivity contribution in [1.29, 1.82) is 0 Å². The van der Waals surface area contributed by atoms with Crippen molar-refractivity contribution in [1.82, 2.24) is 4.57 Å². The number of rotatable bonds is 9. The monoisotopic (exact) mass is 588 g/mol. The molecule has 0 radical (unpaired) electrons. The van der Waals surface area contributed by atoms with Crippen molar-refractivity contribution in [3.8, 4) is 5.75 Å². The molecule has 1 aliphatic rings. The first-order valence-corrected chi connectivity index (χ1v) is 14.8. The van der Waals surface area contributed by atoms with Gasteiger partial charge in [-0.25, -0.2) is 14.6 Å². The molecule has 0 fully saturated rings. The normalized spacial score (nSPS) is 14.8. The van der Waals surface area contributed by atoms with Gasteiger partial charge < -0.3 is 14.2 Å². The van der Waals surface area contributed by atoms with E-state index in [0.717, 1.165) is 16.0 Å². The fourth-order valence-corrected chi connectivity index (χ4v) is 6.31. The number of benzene rings is 2. The summed E-state index contributed by atoms with van der Waals surface area (Å²) in [6.45, 7) is 6.21. The van der Waals surface area contributed by atoms with E-state index < -0.39 is 12.0 Å². The topological polar surface area (TPSA) is 96.2 Å². The number of nitrogens with zero attached hydrogens (tertiary/aromatic N) is 2. The molecule has 0 N–H and O–H groups in total. The highest BCUT2D eigenvalue weighted by atomic mass is 32.1. The van der Waals surface area contributed by atoms with Crippen LogP contribution < -0.4 is 19.6 Å². The molecule has 0 spiro atoms. The van der Waals surface area contributed by atoms with Crippen molar-refractivity contribution in [3.63, 3.8) is 0 Å². The van der Waals surface area contributed by atoms with Gasteiger partial charge in [0.05, 0.1) is 34.6 Å². The molecule has 5 rings (SSSR count). The van der Waals surface area contributed by atoms with Gasteiger partial charge in [-0.05, 0) is 73.7 Å². The summed E-state index contributed by atoms with van der Waals surface area (Å²) in [6.07, 6.45) is 1.82. The van der Waals surface area contributed by atoms with Crippen molar-refractivity contribution in [2.24, 2.45) is 4.99 Å². The summed E-state index contributed by atoms with van der Waals surface area (Å²) in [5, 5.41) is 1.92. The molecular weight excluding hydrogens is 560 g/mol. The fourth-order valence-electron chi connectivity index (χ4n) is 4.44. The van der Waals surface area contributed by atoms with E-state index in [0.29, 0.717) is 45.1 Å². The molecule has 41 heavy (non-hydrogen) atoms. The number of ether oxygens (including phenoxy) is 3. The number of allylic oxidation sites excluding steroid dienone is 1. The molecule has 2 aromatic heterocycles. The number of esters is 2. The first-order chi connectivity index (χ1) is 19.9. The second kappa shape index (κ2) is 12.5. The Bertz CT molecular complexity index is 1770. The lowest BCUT2D eigenvalue weighted by molar-refractivity contribution is -0.139. The first-order valence-electron chi connectivity index (χ1n) is 13.1. The van der Waals surface area contributed by atoms with Crippen molar-refractivity contribution in [2.75, 3.05) is 13.2 Å². The van der Waals surface area contributed by atoms with Gasteiger partial charge in [0, 0.05) is 4.88 Å². The minimum Gasteiger partial charge on any atom is -0.489 e. The average molecular weight is 589 g/mol. The van der Waals surface area contributed by atoms with Crippen molar-refractivity contribution in [3.05, 3.63) is 119 Å². The van der Waals surface area contributed by atoms with Gasteiger partial charge in [0.1, 0.15) is 18.4 Å². The molecule has 0 amide bonds. The second-order valence-corrected chi connectivity index (χ2v) is 11.1. The van der Waals surface area contributed by atoms with Gasteiger partial charge in [0.15, 0.2) is 4.80 Å². The molecule has 4 aromatic rings. The molecule has 1 aliphatic heterocycles. The van der Waals surface area contributed by atoms with E-state index in [9.17, 15) is 14.4 Å². The summed E-state index contributed by atoms with van der Waals surface area (Å²) >= 11 is 2.77. The highest BCUT2D eigenvalue weighted by molar-refractivity contribution is 7.10. The minimum absolute atomic E-state index is 0.215. The highest BCUT2D eigenvalue weighted by Gasteiger charge is 2.33. The molecule has 0 aliphatic carbocycles. The van der Waals surface area contributed by atoms with Gasteiger partial charge in [-0.15, -0.1) is 11.3 Å². The Kier molecular flexibility index (Phi) is 8.61. The summed E-state index contributed by atoms with van der Waals surface area (Å²) in [5.74, 6) is -0.142. The number of carbonyl (C=O) groups is 2. The van der Waals surface area contributed by atoms with Crippen LogP contribution in [0.1, 0.15) is 53.2 Å². The van der Waals surface area contributed by atoms with E-state index in [1.54, 1.807) is 37.5 Å². The minimum atomic E-state index is -0.588. The second-order valence-electron chi connectivity index (χ2n) is 9.09. The molecule has 2 aromatic carbocycles. The van der Waals surface area contributed by atoms with Crippen LogP contribution in [0.5, 0.6) is 5.75 Å². The van der Waals surface area contributed by atoms with Crippen LogP contribution in [0, 0.1) is 0 Å². The number of thiophene rings is 1. The van der Waals surface area contributed by atoms with Gasteiger partial charge in [-0.2, -0.15) is 0 Å². The molecule has 10 heteroatoms. The number of hydrogen-bond acceptors (Lipinski definition) is 9. The van der Waals surface area contributed by atoms with Gasteiger partial charge in [0.25, 0.3) is 5.56 Å². The summed E-state index contributed by atoms with van der Waals surface area (Å²) in [6, 6.07) is 17.8. The van der Waals surface area contributed by atoms with Crippen LogP contribution in [0.25, 0.3) is 6.08 Å². The zero-order valence-electron chi connectivity index (χ0n) is 22.8. The van der Waals surface area contributed by atoms with Crippen LogP contribution in [0.4, 0.5) is 0 Å². The Morgan fingerprint density at radius 3 is 2.34 bits per heavy atom. The fraction of sp³-hybridized carbons (Fsp3) is 0.226. The lowest BCUT2D eigenvalue weighted by Gasteiger charge is -2.23. The van der Waals surface area contributed by atoms with E-state index in [4.69, 9.17) is 14.2 Å². The third-order valence-corrected chi connectivity index (χ3v) is 8.29. The zero-order chi connectivity index (χ0) is 28.9. The number of aromatic nitrogens is 1. The first kappa shape index (κ1) is 28.3. The summed E-state index contributed by atoms with van der Waals surface area (Å²) in [4.78, 5) is 44.4. The largest absolute Gasteiger partial charge is 0.489 e. The third-order valence-electron chi connectivity index (χ3n) is 6.38. The van der Waals surface area contributed by atoms with Crippen molar-refractivity contribution >= 4 is 40.7 Å². The van der Waals surface area contributed by atoms with E-state index in [1.165, 1.54) is 22.7 Å². The SMILES string of the molecule is CCOC(=O)C1=C(C)N=c2s/c(=C\c3ccc(OCc4ccc(C(=O)OCC)cc4)cc3)c(=O)n2[C@@H]1c1cccs1. The maximum absolute atomic E-state index is 13.6. The van der Waals surface area contributed by atoms with Crippen LogP contribution in [0.3, 0.4) is 0 Å². The number of hydrogen-bond donors (Lipinski definition) is 0. The molecular formula is C31H28N2O6S2. The molecule has 8 nitrogen and oxygen atoms in total. The Morgan fingerprint density at radius 2 is 1.68 bits per heavy atom. The van der Waals surface area contributed by atoms with Crippen LogP contribution in [-0.2, 0) is 20.9 Å². The predicted octanol–water partition coefficient (Wildman–Crippen LogP) is 4.62. The predicted molar refractivity (Wildman–Crippen MR) is 158 cm³/mol. The van der Waals surface area contributed by atoms with Crippen LogP contribution in [0.15, 0.2) is 87.1 Å². The van der Waals surface area contributed by atoms with Gasteiger partial charge >= 0.3 is 11.9 Å². The molecule has 1 atom stereocenters. The van der Waals surface area contributed by atoms with E-state index >= 15 is 0 Å². The van der Waals surface area contributed by atoms with E-state index in [1.807, 2.05) is 60.0 Å². The number of fused-ring (bicyclic) bond motifs is 1. The zero-order valence-corrected chi connectivity index (χ0v) is 24.4. The molecule has 0 saturated heterocycles. The lowest BCUT2D eigenvalue weighted by Crippen LogP contribution is -2.39. The lowest BCUT2D eigenvalue weighted by atomic mass is 10.0. The summed E-state index contributed by atoms with van der Waals surface area (Å²) in [5.41, 5.74) is 2.96. The molecule has 0 bridgehead atoms. The van der Waals surface area contributed by atoms with Crippen molar-refractivity contribution in [2.45, 2.75) is 33.4 Å². The maximum atomic E-state index is 13.6. The number of thiazole rings is 1. The highest BCUT2D eigenvalue weighted by Crippen LogP contribution is 2.33. The van der Waals surface area contributed by atoms with E-state index in [-0.39, 0.29) is 18.1 Å². The average Bonchev–Trinajstić information content (AvgIpc) is 3.61. The molecule has 0 unspecified atom stereocenters. The van der Waals surface area contributed by atoms with Gasteiger partial charge in [-0.1, -0.05) is 41.7 Å². The summed E-state index contributed by atoms with van der Waals surface area (Å²) < 4.78 is 18.3.